The highest BCUT2D eigenvalue weighted by Crippen LogP contribution is 2.19. The molecule has 0 radical (unpaired) electrons. The van der Waals surface area contributed by atoms with Gasteiger partial charge < -0.3 is 15.1 Å². The Morgan fingerprint density at radius 3 is 2.82 bits per heavy atom. The lowest BCUT2D eigenvalue weighted by Crippen LogP contribution is -2.22. The molecule has 0 saturated heterocycles. The van der Waals surface area contributed by atoms with Gasteiger partial charge in [0, 0.05) is 39.4 Å². The molecular formula is C11H23N5O. The van der Waals surface area contributed by atoms with Crippen LogP contribution in [0.3, 0.4) is 0 Å². The highest BCUT2D eigenvalue weighted by molar-refractivity contribution is 5.46. The van der Waals surface area contributed by atoms with Gasteiger partial charge in [-0.3, -0.25) is 4.68 Å². The van der Waals surface area contributed by atoms with Gasteiger partial charge in [-0.1, -0.05) is 0 Å². The number of methoxy groups -OCH3 is 1. The summed E-state index contributed by atoms with van der Waals surface area (Å²) < 4.78 is 6.81. The van der Waals surface area contributed by atoms with E-state index in [1.165, 1.54) is 0 Å². The Kier molecular flexibility index (Phi) is 5.40. The zero-order valence-corrected chi connectivity index (χ0v) is 11.2. The minimum Gasteiger partial charge on any atom is -0.385 e. The summed E-state index contributed by atoms with van der Waals surface area (Å²) in [5, 5.41) is 4.35. The molecule has 0 aliphatic carbocycles. The van der Waals surface area contributed by atoms with Crippen LogP contribution in [-0.4, -0.2) is 42.0 Å². The number of anilines is 1. The normalized spacial score (nSPS) is 11.2. The molecule has 98 valence electrons. The Morgan fingerprint density at radius 1 is 1.53 bits per heavy atom. The Morgan fingerprint density at radius 2 is 2.24 bits per heavy atom. The zero-order chi connectivity index (χ0) is 12.8. The first kappa shape index (κ1) is 14.0. The largest absolute Gasteiger partial charge is 0.385 e. The van der Waals surface area contributed by atoms with E-state index >= 15 is 0 Å². The van der Waals surface area contributed by atoms with Gasteiger partial charge in [-0.2, -0.15) is 5.10 Å². The van der Waals surface area contributed by atoms with Crippen LogP contribution in [0.2, 0.25) is 0 Å². The molecule has 1 aromatic heterocycles. The summed E-state index contributed by atoms with van der Waals surface area (Å²) in [4.78, 5) is 2.24. The number of ether oxygens (including phenoxy) is 1. The van der Waals surface area contributed by atoms with Crippen molar-refractivity contribution in [3.05, 3.63) is 11.3 Å². The third kappa shape index (κ3) is 3.69. The number of nitrogens with one attached hydrogen (secondary N) is 1. The number of aryl methyl sites for hydroxylation is 2. The van der Waals surface area contributed by atoms with Crippen LogP contribution in [0.1, 0.15) is 17.7 Å². The Hall–Kier alpha value is -1.11. The molecule has 0 atom stereocenters. The number of nitrogen functional groups attached to an aromatic ring is 1. The molecule has 0 fully saturated rings. The number of hydrazine groups is 1. The van der Waals surface area contributed by atoms with Crippen molar-refractivity contribution in [3.8, 4) is 0 Å². The van der Waals surface area contributed by atoms with E-state index in [0.717, 1.165) is 43.2 Å². The van der Waals surface area contributed by atoms with E-state index < -0.39 is 0 Å². The molecule has 0 spiro atoms. The van der Waals surface area contributed by atoms with E-state index in [1.807, 2.05) is 14.0 Å². The molecule has 6 nitrogen and oxygen atoms in total. The van der Waals surface area contributed by atoms with Crippen LogP contribution in [-0.2, 0) is 18.3 Å². The van der Waals surface area contributed by atoms with E-state index in [4.69, 9.17) is 10.6 Å². The maximum Gasteiger partial charge on any atom is 0.142 e. The summed E-state index contributed by atoms with van der Waals surface area (Å²) in [5.74, 6) is 6.39. The van der Waals surface area contributed by atoms with E-state index in [1.54, 1.807) is 11.8 Å². The van der Waals surface area contributed by atoms with Crippen molar-refractivity contribution in [2.45, 2.75) is 19.9 Å². The molecule has 0 bridgehead atoms. The van der Waals surface area contributed by atoms with Gasteiger partial charge in [-0.25, -0.2) is 5.84 Å². The van der Waals surface area contributed by atoms with Crippen LogP contribution in [0, 0.1) is 6.92 Å². The summed E-state index contributed by atoms with van der Waals surface area (Å²) in [6.45, 7) is 4.62. The number of hydrogen-bond donors (Lipinski definition) is 2. The zero-order valence-electron chi connectivity index (χ0n) is 11.2. The van der Waals surface area contributed by atoms with Crippen molar-refractivity contribution in [2.24, 2.45) is 12.9 Å². The quantitative estimate of drug-likeness (QED) is 0.413. The molecule has 0 unspecified atom stereocenters. The smallest absolute Gasteiger partial charge is 0.142 e. The van der Waals surface area contributed by atoms with E-state index in [0.29, 0.717) is 0 Å². The SMILES string of the molecule is COCCCN(C)Cc1c(C)nn(C)c1NN. The molecule has 0 amide bonds. The summed E-state index contributed by atoms with van der Waals surface area (Å²) in [5.41, 5.74) is 4.87. The molecule has 1 aromatic rings. The van der Waals surface area contributed by atoms with Gasteiger partial charge in [-0.05, 0) is 20.4 Å². The first-order valence-electron chi connectivity index (χ1n) is 5.76. The highest BCUT2D eigenvalue weighted by Gasteiger charge is 2.13. The van der Waals surface area contributed by atoms with Crippen molar-refractivity contribution in [3.63, 3.8) is 0 Å². The summed E-state index contributed by atoms with van der Waals surface area (Å²) >= 11 is 0. The van der Waals surface area contributed by atoms with E-state index in [2.05, 4.69) is 22.5 Å². The molecular weight excluding hydrogens is 218 g/mol. The Labute approximate surface area is 103 Å². The predicted octanol–water partition coefficient (Wildman–Crippen LogP) is 0.482. The molecule has 0 aliphatic heterocycles. The molecule has 1 rings (SSSR count). The second-order valence-electron chi connectivity index (χ2n) is 4.26. The van der Waals surface area contributed by atoms with Gasteiger partial charge in [0.25, 0.3) is 0 Å². The van der Waals surface area contributed by atoms with Gasteiger partial charge in [0.15, 0.2) is 0 Å². The molecule has 3 N–H and O–H groups in total. The molecule has 1 heterocycles. The third-order valence-electron chi connectivity index (χ3n) is 2.80. The maximum absolute atomic E-state index is 5.51. The van der Waals surface area contributed by atoms with Gasteiger partial charge in [-0.15, -0.1) is 0 Å². The second kappa shape index (κ2) is 6.58. The van der Waals surface area contributed by atoms with Crippen LogP contribution in [0.5, 0.6) is 0 Å². The Bertz CT molecular complexity index is 350. The second-order valence-corrected chi connectivity index (χ2v) is 4.26. The van der Waals surface area contributed by atoms with Gasteiger partial charge in [0.2, 0.25) is 0 Å². The Balaban J connectivity index is 2.61. The average molecular weight is 241 g/mol. The molecule has 0 aromatic carbocycles. The van der Waals surface area contributed by atoms with Crippen LogP contribution in [0.15, 0.2) is 0 Å². The highest BCUT2D eigenvalue weighted by atomic mass is 16.5. The minimum absolute atomic E-state index is 0.790. The van der Waals surface area contributed by atoms with E-state index in [-0.39, 0.29) is 0 Å². The number of hydrogen-bond acceptors (Lipinski definition) is 5. The molecule has 17 heavy (non-hydrogen) atoms. The molecule has 0 aliphatic rings. The third-order valence-corrected chi connectivity index (χ3v) is 2.80. The summed E-state index contributed by atoms with van der Waals surface area (Å²) in [6.07, 6.45) is 1.03. The van der Waals surface area contributed by atoms with E-state index in [9.17, 15) is 0 Å². The van der Waals surface area contributed by atoms with Crippen LogP contribution >= 0.6 is 0 Å². The fraction of sp³-hybridized carbons (Fsp3) is 0.727. The fourth-order valence-corrected chi connectivity index (χ4v) is 1.90. The number of nitrogens with two attached hydrogens (primary N) is 1. The van der Waals surface area contributed by atoms with Crippen LogP contribution in [0.4, 0.5) is 5.82 Å². The van der Waals surface area contributed by atoms with Crippen LogP contribution in [0.25, 0.3) is 0 Å². The van der Waals surface area contributed by atoms with Gasteiger partial charge in [0.1, 0.15) is 5.82 Å². The summed E-state index contributed by atoms with van der Waals surface area (Å²) in [7, 11) is 5.70. The minimum atomic E-state index is 0.790. The predicted molar refractivity (Wildman–Crippen MR) is 68.6 cm³/mol. The van der Waals surface area contributed by atoms with Crippen molar-refractivity contribution in [1.82, 2.24) is 14.7 Å². The summed E-state index contributed by atoms with van der Waals surface area (Å²) in [6, 6.07) is 0. The van der Waals surface area contributed by atoms with Crippen molar-refractivity contribution in [1.29, 1.82) is 0 Å². The fourth-order valence-electron chi connectivity index (χ4n) is 1.90. The number of rotatable bonds is 7. The van der Waals surface area contributed by atoms with Crippen molar-refractivity contribution >= 4 is 5.82 Å². The standard InChI is InChI=1S/C11H23N5O/c1-9-10(11(13-12)16(3)14-9)8-15(2)6-5-7-17-4/h13H,5-8,12H2,1-4H3. The topological polar surface area (TPSA) is 68.3 Å². The van der Waals surface area contributed by atoms with Crippen molar-refractivity contribution in [2.75, 3.05) is 32.7 Å². The van der Waals surface area contributed by atoms with Crippen LogP contribution < -0.4 is 11.3 Å². The van der Waals surface area contributed by atoms with Crippen molar-refractivity contribution < 1.29 is 4.74 Å². The lowest BCUT2D eigenvalue weighted by atomic mass is 10.2. The number of aromatic nitrogens is 2. The van der Waals surface area contributed by atoms with Gasteiger partial charge >= 0.3 is 0 Å². The number of nitrogens with zero attached hydrogens (tertiary/aromatic N) is 3. The first-order valence-corrected chi connectivity index (χ1v) is 5.76. The lowest BCUT2D eigenvalue weighted by molar-refractivity contribution is 0.178. The molecule has 0 saturated carbocycles. The lowest BCUT2D eigenvalue weighted by Gasteiger charge is -2.17. The first-order chi connectivity index (χ1) is 8.10. The maximum atomic E-state index is 5.51. The monoisotopic (exact) mass is 241 g/mol. The molecule has 6 heteroatoms. The average Bonchev–Trinajstić information content (AvgIpc) is 2.54. The van der Waals surface area contributed by atoms with Gasteiger partial charge in [0.05, 0.1) is 5.69 Å².